The zero-order valence-electron chi connectivity index (χ0n) is 13.6. The third kappa shape index (κ3) is 3.57. The maximum absolute atomic E-state index is 12.4. The number of ether oxygens (including phenoxy) is 3. The lowest BCUT2D eigenvalue weighted by molar-refractivity contribution is 0.111. The molecule has 0 spiro atoms. The predicted molar refractivity (Wildman–Crippen MR) is 88.8 cm³/mol. The molecule has 8 nitrogen and oxygen atoms in total. The quantitative estimate of drug-likeness (QED) is 0.921. The molecule has 1 saturated heterocycles. The number of likely N-dealkylation sites (tertiary alicyclic amines) is 1. The standard InChI is InChI=1S/C17H18N4O4/c22-17(20-12-1-2-14-15(9-12)24-11-23-14)21-7-4-13(5-8-21)25-16-3-6-18-10-19-16/h1-3,6,9-10,13H,4-5,7-8,11H2,(H,20,22). The van der Waals surface area contributed by atoms with Crippen LogP contribution in [-0.2, 0) is 0 Å². The molecule has 0 aliphatic carbocycles. The molecule has 2 aromatic rings. The summed E-state index contributed by atoms with van der Waals surface area (Å²) in [6, 6.07) is 6.97. The molecule has 0 atom stereocenters. The molecule has 25 heavy (non-hydrogen) atoms. The van der Waals surface area contributed by atoms with Crippen molar-refractivity contribution < 1.29 is 19.0 Å². The van der Waals surface area contributed by atoms with E-state index in [1.165, 1.54) is 6.33 Å². The van der Waals surface area contributed by atoms with Crippen molar-refractivity contribution >= 4 is 11.7 Å². The molecule has 0 unspecified atom stereocenters. The van der Waals surface area contributed by atoms with Crippen LogP contribution < -0.4 is 19.5 Å². The third-order valence-corrected chi connectivity index (χ3v) is 4.20. The monoisotopic (exact) mass is 342 g/mol. The topological polar surface area (TPSA) is 85.8 Å². The van der Waals surface area contributed by atoms with Crippen LogP contribution in [0.5, 0.6) is 17.4 Å². The first-order valence-electron chi connectivity index (χ1n) is 8.16. The van der Waals surface area contributed by atoms with Gasteiger partial charge < -0.3 is 24.4 Å². The van der Waals surface area contributed by atoms with Gasteiger partial charge in [-0.15, -0.1) is 0 Å². The van der Waals surface area contributed by atoms with Crippen LogP contribution in [0, 0.1) is 0 Å². The molecule has 1 fully saturated rings. The summed E-state index contributed by atoms with van der Waals surface area (Å²) in [4.78, 5) is 22.1. The summed E-state index contributed by atoms with van der Waals surface area (Å²) >= 11 is 0. The fraction of sp³-hybridized carbons (Fsp3) is 0.353. The third-order valence-electron chi connectivity index (χ3n) is 4.20. The number of carbonyl (C=O) groups is 1. The highest BCUT2D eigenvalue weighted by Gasteiger charge is 2.24. The van der Waals surface area contributed by atoms with E-state index in [4.69, 9.17) is 14.2 Å². The number of aromatic nitrogens is 2. The van der Waals surface area contributed by atoms with Crippen molar-refractivity contribution in [2.24, 2.45) is 0 Å². The fourth-order valence-corrected chi connectivity index (χ4v) is 2.87. The summed E-state index contributed by atoms with van der Waals surface area (Å²) in [6.07, 6.45) is 4.70. The fourth-order valence-electron chi connectivity index (χ4n) is 2.87. The van der Waals surface area contributed by atoms with Gasteiger partial charge in [0.05, 0.1) is 0 Å². The number of urea groups is 1. The van der Waals surface area contributed by atoms with Gasteiger partial charge in [0.1, 0.15) is 12.4 Å². The van der Waals surface area contributed by atoms with E-state index in [1.54, 1.807) is 35.4 Å². The molecule has 3 heterocycles. The Kier molecular flexibility index (Phi) is 4.24. The van der Waals surface area contributed by atoms with Crippen molar-refractivity contribution in [3.05, 3.63) is 36.8 Å². The molecule has 0 saturated carbocycles. The lowest BCUT2D eigenvalue weighted by atomic mass is 10.1. The summed E-state index contributed by atoms with van der Waals surface area (Å²) in [6.45, 7) is 1.48. The van der Waals surface area contributed by atoms with Crippen LogP contribution in [0.2, 0.25) is 0 Å². The molecule has 4 rings (SSSR count). The number of nitrogens with zero attached hydrogens (tertiary/aromatic N) is 3. The van der Waals surface area contributed by atoms with Gasteiger partial charge in [-0.3, -0.25) is 0 Å². The molecule has 1 aromatic carbocycles. The minimum atomic E-state index is -0.126. The normalized spacial score (nSPS) is 16.6. The van der Waals surface area contributed by atoms with Crippen molar-refractivity contribution in [3.8, 4) is 17.4 Å². The zero-order chi connectivity index (χ0) is 17.1. The van der Waals surface area contributed by atoms with Gasteiger partial charge in [0, 0.05) is 49.9 Å². The number of anilines is 1. The Morgan fingerprint density at radius 3 is 2.84 bits per heavy atom. The molecule has 1 N–H and O–H groups in total. The SMILES string of the molecule is O=C(Nc1ccc2c(c1)OCO2)N1CCC(Oc2ccncn2)CC1. The van der Waals surface area contributed by atoms with Crippen LogP contribution in [0.3, 0.4) is 0 Å². The molecule has 8 heteroatoms. The van der Waals surface area contributed by atoms with Crippen molar-refractivity contribution in [1.29, 1.82) is 0 Å². The molecular formula is C17H18N4O4. The van der Waals surface area contributed by atoms with Crippen LogP contribution in [0.1, 0.15) is 12.8 Å². The maximum Gasteiger partial charge on any atom is 0.321 e. The van der Waals surface area contributed by atoms with Crippen LogP contribution >= 0.6 is 0 Å². The van der Waals surface area contributed by atoms with Crippen molar-refractivity contribution in [1.82, 2.24) is 14.9 Å². The van der Waals surface area contributed by atoms with Gasteiger partial charge in [-0.1, -0.05) is 0 Å². The van der Waals surface area contributed by atoms with Gasteiger partial charge in [-0.25, -0.2) is 14.8 Å². The number of benzene rings is 1. The van der Waals surface area contributed by atoms with Gasteiger partial charge in [0.15, 0.2) is 11.5 Å². The number of fused-ring (bicyclic) bond motifs is 1. The van der Waals surface area contributed by atoms with Crippen molar-refractivity contribution in [2.75, 3.05) is 25.2 Å². The van der Waals surface area contributed by atoms with Gasteiger partial charge in [0.25, 0.3) is 0 Å². The first-order valence-corrected chi connectivity index (χ1v) is 8.16. The molecule has 2 amide bonds. The van der Waals surface area contributed by atoms with E-state index >= 15 is 0 Å². The summed E-state index contributed by atoms with van der Waals surface area (Å²) < 4.78 is 16.4. The highest BCUT2D eigenvalue weighted by atomic mass is 16.7. The first kappa shape index (κ1) is 15.5. The second kappa shape index (κ2) is 6.84. The van der Waals surface area contributed by atoms with Gasteiger partial charge >= 0.3 is 6.03 Å². The summed E-state index contributed by atoms with van der Waals surface area (Å²) in [7, 11) is 0. The van der Waals surface area contributed by atoms with E-state index < -0.39 is 0 Å². The molecule has 130 valence electrons. The Bertz CT molecular complexity index is 748. The Hall–Kier alpha value is -3.03. The van der Waals surface area contributed by atoms with E-state index in [9.17, 15) is 4.79 Å². The number of carbonyl (C=O) groups excluding carboxylic acids is 1. The largest absolute Gasteiger partial charge is 0.474 e. The number of piperidine rings is 1. The van der Waals surface area contributed by atoms with E-state index in [1.807, 2.05) is 0 Å². The number of amides is 2. The number of hydrogen-bond acceptors (Lipinski definition) is 6. The highest BCUT2D eigenvalue weighted by Crippen LogP contribution is 2.34. The first-order chi connectivity index (χ1) is 12.3. The summed E-state index contributed by atoms with van der Waals surface area (Å²) in [5.74, 6) is 1.91. The maximum atomic E-state index is 12.4. The number of hydrogen-bond donors (Lipinski definition) is 1. The second-order valence-electron chi connectivity index (χ2n) is 5.85. The molecular weight excluding hydrogens is 324 g/mol. The molecule has 1 aromatic heterocycles. The van der Waals surface area contributed by atoms with Crippen molar-refractivity contribution in [3.63, 3.8) is 0 Å². The van der Waals surface area contributed by atoms with Crippen molar-refractivity contribution in [2.45, 2.75) is 18.9 Å². The lowest BCUT2D eigenvalue weighted by Gasteiger charge is -2.31. The van der Waals surface area contributed by atoms with Crippen LogP contribution in [0.15, 0.2) is 36.8 Å². The molecule has 0 bridgehead atoms. The van der Waals surface area contributed by atoms with E-state index in [2.05, 4.69) is 15.3 Å². The van der Waals surface area contributed by atoms with E-state index in [0.29, 0.717) is 36.2 Å². The zero-order valence-corrected chi connectivity index (χ0v) is 13.6. The highest BCUT2D eigenvalue weighted by molar-refractivity contribution is 5.89. The lowest BCUT2D eigenvalue weighted by Crippen LogP contribution is -2.43. The van der Waals surface area contributed by atoms with Crippen LogP contribution in [0.25, 0.3) is 0 Å². The van der Waals surface area contributed by atoms with Crippen LogP contribution in [-0.4, -0.2) is 46.9 Å². The number of rotatable bonds is 3. The minimum Gasteiger partial charge on any atom is -0.474 e. The summed E-state index contributed by atoms with van der Waals surface area (Å²) in [5, 5.41) is 2.90. The van der Waals surface area contributed by atoms with Gasteiger partial charge in [-0.05, 0) is 12.1 Å². The Labute approximate surface area is 144 Å². The number of nitrogens with one attached hydrogen (secondary N) is 1. The molecule has 2 aliphatic heterocycles. The minimum absolute atomic E-state index is 0.0597. The van der Waals surface area contributed by atoms with E-state index in [-0.39, 0.29) is 18.9 Å². The average molecular weight is 342 g/mol. The smallest absolute Gasteiger partial charge is 0.321 e. The summed E-state index contributed by atoms with van der Waals surface area (Å²) in [5.41, 5.74) is 0.689. The Morgan fingerprint density at radius 1 is 1.20 bits per heavy atom. The van der Waals surface area contributed by atoms with Crippen LogP contribution in [0.4, 0.5) is 10.5 Å². The average Bonchev–Trinajstić information content (AvgIpc) is 3.11. The van der Waals surface area contributed by atoms with Gasteiger partial charge in [0.2, 0.25) is 12.7 Å². The van der Waals surface area contributed by atoms with E-state index in [0.717, 1.165) is 12.8 Å². The van der Waals surface area contributed by atoms with Gasteiger partial charge in [-0.2, -0.15) is 0 Å². The Balaban J connectivity index is 1.29. The Morgan fingerprint density at radius 2 is 2.04 bits per heavy atom. The second-order valence-corrected chi connectivity index (χ2v) is 5.85. The molecule has 0 radical (unpaired) electrons. The predicted octanol–water partition coefficient (Wildman–Crippen LogP) is 2.28. The molecule has 2 aliphatic rings.